The first-order valence-electron chi connectivity index (χ1n) is 8.81. The normalized spacial score (nSPS) is 10.7. The van der Waals surface area contributed by atoms with Crippen LogP contribution in [0.5, 0.6) is 0 Å². The number of benzene rings is 3. The number of anilines is 2. The van der Waals surface area contributed by atoms with Crippen molar-refractivity contribution in [2.24, 2.45) is 0 Å². The Hall–Kier alpha value is -2.92. The Labute approximate surface area is 166 Å². The summed E-state index contributed by atoms with van der Waals surface area (Å²) in [6.07, 6.45) is 0. The van der Waals surface area contributed by atoms with Gasteiger partial charge in [0, 0.05) is 22.9 Å². The largest absolute Gasteiger partial charge is 0.365 e. The number of nitrogens with zero attached hydrogens (tertiary/aromatic N) is 2. The highest BCUT2D eigenvalue weighted by molar-refractivity contribution is 9.10. The van der Waals surface area contributed by atoms with Crippen LogP contribution in [0.2, 0.25) is 0 Å². The van der Waals surface area contributed by atoms with Crippen LogP contribution in [0.15, 0.2) is 83.3 Å². The van der Waals surface area contributed by atoms with Crippen molar-refractivity contribution in [2.75, 3.05) is 10.6 Å². The van der Waals surface area contributed by atoms with E-state index in [2.05, 4.69) is 50.8 Å². The Morgan fingerprint density at radius 1 is 0.667 bits per heavy atom. The van der Waals surface area contributed by atoms with Crippen LogP contribution in [0.3, 0.4) is 0 Å². The second kappa shape index (κ2) is 8.18. The van der Waals surface area contributed by atoms with E-state index in [0.29, 0.717) is 19.0 Å². The molecule has 27 heavy (non-hydrogen) atoms. The maximum atomic E-state index is 4.72. The lowest BCUT2D eigenvalue weighted by molar-refractivity contribution is 1.05. The van der Waals surface area contributed by atoms with E-state index in [1.54, 1.807) is 0 Å². The van der Waals surface area contributed by atoms with Gasteiger partial charge in [0.1, 0.15) is 5.82 Å². The van der Waals surface area contributed by atoms with Gasteiger partial charge in [-0.25, -0.2) is 4.98 Å². The van der Waals surface area contributed by atoms with Crippen LogP contribution in [0.25, 0.3) is 10.9 Å². The summed E-state index contributed by atoms with van der Waals surface area (Å²) in [5.74, 6) is 1.43. The molecule has 0 aliphatic heterocycles. The molecule has 0 aliphatic rings. The monoisotopic (exact) mass is 418 g/mol. The molecule has 5 heteroatoms. The van der Waals surface area contributed by atoms with Crippen LogP contribution in [0.4, 0.5) is 11.8 Å². The van der Waals surface area contributed by atoms with E-state index in [1.807, 2.05) is 54.6 Å². The van der Waals surface area contributed by atoms with Gasteiger partial charge in [0.15, 0.2) is 0 Å². The summed E-state index contributed by atoms with van der Waals surface area (Å²) in [5, 5.41) is 7.78. The highest BCUT2D eigenvalue weighted by Gasteiger charge is 2.10. The molecule has 0 unspecified atom stereocenters. The summed E-state index contributed by atoms with van der Waals surface area (Å²) in [4.78, 5) is 9.41. The number of nitrogens with one attached hydrogen (secondary N) is 2. The summed E-state index contributed by atoms with van der Waals surface area (Å²) in [5.41, 5.74) is 3.28. The second-order valence-electron chi connectivity index (χ2n) is 6.21. The van der Waals surface area contributed by atoms with E-state index in [4.69, 9.17) is 9.97 Å². The molecule has 0 saturated heterocycles. The molecule has 0 fully saturated rings. The van der Waals surface area contributed by atoms with E-state index in [1.165, 1.54) is 11.1 Å². The van der Waals surface area contributed by atoms with Crippen LogP contribution in [-0.2, 0) is 13.1 Å². The Bertz CT molecular complexity index is 1040. The Morgan fingerprint density at radius 3 is 1.96 bits per heavy atom. The number of para-hydroxylation sites is 1. The van der Waals surface area contributed by atoms with Crippen molar-refractivity contribution in [3.05, 3.63) is 94.5 Å². The van der Waals surface area contributed by atoms with Crippen molar-refractivity contribution in [1.82, 2.24) is 9.97 Å². The molecule has 1 aromatic heterocycles. The Balaban J connectivity index is 1.63. The molecule has 4 rings (SSSR count). The summed E-state index contributed by atoms with van der Waals surface area (Å²) >= 11 is 3.61. The predicted octanol–water partition coefficient (Wildman–Crippen LogP) is 5.62. The molecule has 3 aromatic carbocycles. The molecule has 1 heterocycles. The minimum absolute atomic E-state index is 0.605. The van der Waals surface area contributed by atoms with Crippen molar-refractivity contribution < 1.29 is 0 Å². The van der Waals surface area contributed by atoms with E-state index >= 15 is 0 Å². The molecular formula is C22H19BrN4. The predicted molar refractivity (Wildman–Crippen MR) is 115 cm³/mol. The standard InChI is InChI=1S/C22H19BrN4/c23-19-13-7-12-18-20(19)26-22(25-15-17-10-5-2-6-11-17)27-21(18)24-14-16-8-3-1-4-9-16/h1-13H,14-15H2,(H2,24,25,26,27). The lowest BCUT2D eigenvalue weighted by Gasteiger charge is -2.13. The molecule has 0 amide bonds. The summed E-state index contributed by atoms with van der Waals surface area (Å²) in [6, 6.07) is 26.6. The van der Waals surface area contributed by atoms with Crippen molar-refractivity contribution in [2.45, 2.75) is 13.1 Å². The Kier molecular flexibility index (Phi) is 5.30. The molecule has 4 aromatic rings. The zero-order valence-corrected chi connectivity index (χ0v) is 16.3. The highest BCUT2D eigenvalue weighted by Crippen LogP contribution is 2.28. The topological polar surface area (TPSA) is 49.8 Å². The molecule has 134 valence electrons. The van der Waals surface area contributed by atoms with Gasteiger partial charge >= 0.3 is 0 Å². The number of hydrogen-bond acceptors (Lipinski definition) is 4. The quantitative estimate of drug-likeness (QED) is 0.426. The average molecular weight is 419 g/mol. The van der Waals surface area contributed by atoms with Gasteiger partial charge in [0.05, 0.1) is 5.52 Å². The molecule has 0 spiro atoms. The number of hydrogen-bond donors (Lipinski definition) is 2. The Morgan fingerprint density at radius 2 is 1.30 bits per heavy atom. The fraction of sp³-hybridized carbons (Fsp3) is 0.0909. The number of rotatable bonds is 6. The molecule has 2 N–H and O–H groups in total. The van der Waals surface area contributed by atoms with Crippen molar-refractivity contribution >= 4 is 38.6 Å². The van der Waals surface area contributed by atoms with Gasteiger partial charge in [-0.3, -0.25) is 0 Å². The minimum atomic E-state index is 0.605. The van der Waals surface area contributed by atoms with Crippen LogP contribution in [0.1, 0.15) is 11.1 Å². The van der Waals surface area contributed by atoms with E-state index < -0.39 is 0 Å². The lowest BCUT2D eigenvalue weighted by atomic mass is 10.2. The van der Waals surface area contributed by atoms with Crippen molar-refractivity contribution in [3.63, 3.8) is 0 Å². The van der Waals surface area contributed by atoms with Gasteiger partial charge in [-0.2, -0.15) is 4.98 Å². The fourth-order valence-electron chi connectivity index (χ4n) is 2.89. The zero-order chi connectivity index (χ0) is 18.5. The summed E-state index contributed by atoms with van der Waals surface area (Å²) in [7, 11) is 0. The van der Waals surface area contributed by atoms with Gasteiger partial charge in [-0.15, -0.1) is 0 Å². The number of aromatic nitrogens is 2. The fourth-order valence-corrected chi connectivity index (χ4v) is 3.34. The smallest absolute Gasteiger partial charge is 0.225 e. The molecule has 0 saturated carbocycles. The van der Waals surface area contributed by atoms with Crippen LogP contribution >= 0.6 is 15.9 Å². The maximum Gasteiger partial charge on any atom is 0.225 e. The summed E-state index contributed by atoms with van der Waals surface area (Å²) in [6.45, 7) is 1.38. The van der Waals surface area contributed by atoms with Gasteiger partial charge in [-0.05, 0) is 39.2 Å². The van der Waals surface area contributed by atoms with Crippen molar-refractivity contribution in [1.29, 1.82) is 0 Å². The number of fused-ring (bicyclic) bond motifs is 1. The van der Waals surface area contributed by atoms with Gasteiger partial charge in [0.2, 0.25) is 5.95 Å². The average Bonchev–Trinajstić information content (AvgIpc) is 2.73. The molecular weight excluding hydrogens is 400 g/mol. The minimum Gasteiger partial charge on any atom is -0.365 e. The molecule has 0 radical (unpaired) electrons. The zero-order valence-electron chi connectivity index (χ0n) is 14.7. The first kappa shape index (κ1) is 17.5. The van der Waals surface area contributed by atoms with Crippen LogP contribution in [0, 0.1) is 0 Å². The van der Waals surface area contributed by atoms with Gasteiger partial charge < -0.3 is 10.6 Å². The van der Waals surface area contributed by atoms with Gasteiger partial charge in [-0.1, -0.05) is 66.7 Å². The van der Waals surface area contributed by atoms with Crippen molar-refractivity contribution in [3.8, 4) is 0 Å². The first-order chi connectivity index (χ1) is 13.3. The van der Waals surface area contributed by atoms with Gasteiger partial charge in [0.25, 0.3) is 0 Å². The highest BCUT2D eigenvalue weighted by atomic mass is 79.9. The third-order valence-corrected chi connectivity index (χ3v) is 4.91. The first-order valence-corrected chi connectivity index (χ1v) is 9.61. The molecule has 0 aliphatic carbocycles. The van der Waals surface area contributed by atoms with Crippen LogP contribution < -0.4 is 10.6 Å². The van der Waals surface area contributed by atoms with E-state index in [-0.39, 0.29) is 0 Å². The SMILES string of the molecule is Brc1cccc2c(NCc3ccccc3)nc(NCc3ccccc3)nc12. The van der Waals surface area contributed by atoms with E-state index in [0.717, 1.165) is 21.2 Å². The van der Waals surface area contributed by atoms with E-state index in [9.17, 15) is 0 Å². The summed E-state index contributed by atoms with van der Waals surface area (Å²) < 4.78 is 0.952. The van der Waals surface area contributed by atoms with Crippen LogP contribution in [-0.4, -0.2) is 9.97 Å². The number of halogens is 1. The second-order valence-corrected chi connectivity index (χ2v) is 7.06. The molecule has 0 bridgehead atoms. The molecule has 4 nitrogen and oxygen atoms in total. The molecule has 0 atom stereocenters. The third-order valence-electron chi connectivity index (χ3n) is 4.27. The third kappa shape index (κ3) is 4.26. The lowest BCUT2D eigenvalue weighted by Crippen LogP contribution is -2.08. The maximum absolute atomic E-state index is 4.72.